The second-order valence-corrected chi connectivity index (χ2v) is 5.55. The van der Waals surface area contributed by atoms with Crippen LogP contribution in [0.25, 0.3) is 0 Å². The van der Waals surface area contributed by atoms with Crippen molar-refractivity contribution in [2.75, 3.05) is 25.2 Å². The first kappa shape index (κ1) is 9.00. The van der Waals surface area contributed by atoms with Gasteiger partial charge in [0.2, 0.25) is 0 Å². The molecule has 1 aliphatic heterocycles. The maximum atomic E-state index is 10.9. The third-order valence-electron chi connectivity index (χ3n) is 2.03. The highest BCUT2D eigenvalue weighted by Crippen LogP contribution is 2.20. The van der Waals surface area contributed by atoms with E-state index in [-0.39, 0.29) is 11.7 Å². The molecule has 3 nitrogen and oxygen atoms in total. The predicted octanol–water partition coefficient (Wildman–Crippen LogP) is 0.314. The summed E-state index contributed by atoms with van der Waals surface area (Å²) in [6.07, 6.45) is 1.28. The zero-order valence-corrected chi connectivity index (χ0v) is 7.73. The molecule has 1 saturated heterocycles. The van der Waals surface area contributed by atoms with Gasteiger partial charge in [0.05, 0.1) is 12.4 Å². The highest BCUT2D eigenvalue weighted by molar-refractivity contribution is 7.90. The lowest BCUT2D eigenvalue weighted by Crippen LogP contribution is -2.19. The Bertz CT molecular complexity index is 220. The van der Waals surface area contributed by atoms with Crippen LogP contribution in [0.5, 0.6) is 0 Å². The van der Waals surface area contributed by atoms with Crippen LogP contribution in [0, 0.1) is 11.8 Å². The highest BCUT2D eigenvalue weighted by atomic mass is 32.2. The second-order valence-electron chi connectivity index (χ2n) is 3.37. The van der Waals surface area contributed by atoms with E-state index in [9.17, 15) is 8.42 Å². The quantitative estimate of drug-likeness (QED) is 0.611. The number of hydrogen-bond acceptors (Lipinski definition) is 3. The first-order chi connectivity index (χ1) is 4.99. The van der Waals surface area contributed by atoms with Crippen molar-refractivity contribution in [1.29, 1.82) is 0 Å². The number of rotatable bonds is 2. The van der Waals surface area contributed by atoms with E-state index in [0.717, 1.165) is 0 Å². The monoisotopic (exact) mass is 178 g/mol. The predicted molar refractivity (Wildman–Crippen MR) is 43.2 cm³/mol. The van der Waals surface area contributed by atoms with Crippen LogP contribution in [-0.2, 0) is 14.6 Å². The van der Waals surface area contributed by atoms with Crippen molar-refractivity contribution in [3.05, 3.63) is 0 Å². The fourth-order valence-electron chi connectivity index (χ4n) is 1.31. The fraction of sp³-hybridized carbons (Fsp3) is 1.00. The molecule has 0 spiro atoms. The molecule has 0 aromatic carbocycles. The van der Waals surface area contributed by atoms with Crippen molar-refractivity contribution < 1.29 is 13.2 Å². The summed E-state index contributed by atoms with van der Waals surface area (Å²) < 4.78 is 26.9. The van der Waals surface area contributed by atoms with Gasteiger partial charge in [0.15, 0.2) is 0 Å². The van der Waals surface area contributed by atoms with E-state index >= 15 is 0 Å². The molecule has 0 N–H and O–H groups in total. The molecule has 0 aromatic heterocycles. The molecule has 0 aromatic rings. The van der Waals surface area contributed by atoms with Crippen molar-refractivity contribution in [2.45, 2.75) is 6.92 Å². The Morgan fingerprint density at radius 3 is 2.45 bits per heavy atom. The van der Waals surface area contributed by atoms with Crippen LogP contribution in [0.15, 0.2) is 0 Å². The lowest BCUT2D eigenvalue weighted by molar-refractivity contribution is 0.183. The van der Waals surface area contributed by atoms with Gasteiger partial charge in [-0.2, -0.15) is 0 Å². The van der Waals surface area contributed by atoms with Gasteiger partial charge in [-0.15, -0.1) is 0 Å². The minimum absolute atomic E-state index is 0.213. The number of hydrogen-bond donors (Lipinski definition) is 0. The normalized spacial score (nSPS) is 32.5. The molecule has 0 radical (unpaired) electrons. The van der Waals surface area contributed by atoms with Crippen LogP contribution in [0.1, 0.15) is 6.92 Å². The largest absolute Gasteiger partial charge is 0.381 e. The van der Waals surface area contributed by atoms with Crippen LogP contribution < -0.4 is 0 Å². The maximum Gasteiger partial charge on any atom is 0.147 e. The summed E-state index contributed by atoms with van der Waals surface area (Å²) in [5, 5.41) is 0. The van der Waals surface area contributed by atoms with Crippen LogP contribution >= 0.6 is 0 Å². The second kappa shape index (κ2) is 3.11. The molecule has 1 fully saturated rings. The lowest BCUT2D eigenvalue weighted by Gasteiger charge is -2.10. The molecule has 0 unspecified atom stereocenters. The van der Waals surface area contributed by atoms with Gasteiger partial charge in [0.25, 0.3) is 0 Å². The summed E-state index contributed by atoms with van der Waals surface area (Å²) >= 11 is 0. The molecule has 0 aliphatic carbocycles. The molecule has 0 saturated carbocycles. The fourth-order valence-corrected chi connectivity index (χ4v) is 2.51. The zero-order chi connectivity index (χ0) is 8.48. The molecule has 1 heterocycles. The van der Waals surface area contributed by atoms with Crippen LogP contribution in [0.3, 0.4) is 0 Å². The molecule has 4 heteroatoms. The maximum absolute atomic E-state index is 10.9. The molecule has 66 valence electrons. The topological polar surface area (TPSA) is 43.4 Å². The summed E-state index contributed by atoms with van der Waals surface area (Å²) in [6, 6.07) is 0. The molecular formula is C7H14O3S. The Balaban J connectivity index is 2.50. The molecule has 2 atom stereocenters. The first-order valence-corrected chi connectivity index (χ1v) is 5.80. The molecule has 0 bridgehead atoms. The molecule has 1 aliphatic rings. The average Bonchev–Trinajstić information content (AvgIpc) is 2.12. The van der Waals surface area contributed by atoms with Crippen molar-refractivity contribution in [3.63, 3.8) is 0 Å². The van der Waals surface area contributed by atoms with E-state index < -0.39 is 9.84 Å². The van der Waals surface area contributed by atoms with Gasteiger partial charge in [0.1, 0.15) is 9.84 Å². The molecular weight excluding hydrogens is 164 g/mol. The van der Waals surface area contributed by atoms with Crippen molar-refractivity contribution >= 4 is 9.84 Å². The Morgan fingerprint density at radius 2 is 2.09 bits per heavy atom. The molecule has 1 rings (SSSR count). The van der Waals surface area contributed by atoms with E-state index in [1.807, 2.05) is 6.92 Å². The third kappa shape index (κ3) is 2.79. The Kier molecular flexibility index (Phi) is 2.54. The van der Waals surface area contributed by atoms with Gasteiger partial charge >= 0.3 is 0 Å². The summed E-state index contributed by atoms with van der Waals surface area (Å²) in [5.74, 6) is 0.878. The standard InChI is InChI=1S/C7H14O3S/c1-6-3-10-4-7(6)5-11(2,8)9/h6-7H,3-5H2,1-2H3/t6-,7+/m1/s1. The Morgan fingerprint density at radius 1 is 1.45 bits per heavy atom. The number of sulfone groups is 1. The van der Waals surface area contributed by atoms with Gasteiger partial charge in [-0.25, -0.2) is 8.42 Å². The van der Waals surface area contributed by atoms with Gasteiger partial charge < -0.3 is 4.74 Å². The molecule has 0 amide bonds. The van der Waals surface area contributed by atoms with E-state index in [1.165, 1.54) is 6.26 Å². The molecule has 11 heavy (non-hydrogen) atoms. The van der Waals surface area contributed by atoms with Gasteiger partial charge in [-0.1, -0.05) is 6.92 Å². The van der Waals surface area contributed by atoms with E-state index in [1.54, 1.807) is 0 Å². The smallest absolute Gasteiger partial charge is 0.147 e. The first-order valence-electron chi connectivity index (χ1n) is 3.74. The zero-order valence-electron chi connectivity index (χ0n) is 6.91. The summed E-state index contributed by atoms with van der Waals surface area (Å²) in [5.41, 5.74) is 0. The number of ether oxygens (including phenoxy) is 1. The van der Waals surface area contributed by atoms with Crippen molar-refractivity contribution in [3.8, 4) is 0 Å². The van der Waals surface area contributed by atoms with E-state index in [4.69, 9.17) is 4.74 Å². The minimum Gasteiger partial charge on any atom is -0.381 e. The van der Waals surface area contributed by atoms with Gasteiger partial charge in [-0.3, -0.25) is 0 Å². The average molecular weight is 178 g/mol. The lowest BCUT2D eigenvalue weighted by atomic mass is 10.0. The SMILES string of the molecule is C[C@@H]1COC[C@H]1CS(C)(=O)=O. The van der Waals surface area contributed by atoms with Crippen LogP contribution in [0.4, 0.5) is 0 Å². The summed E-state index contributed by atoms with van der Waals surface area (Å²) in [6.45, 7) is 3.34. The van der Waals surface area contributed by atoms with Crippen LogP contribution in [-0.4, -0.2) is 33.6 Å². The Labute approximate surface area is 67.7 Å². The summed E-state index contributed by atoms with van der Waals surface area (Å²) in [7, 11) is -2.82. The Hall–Kier alpha value is -0.0900. The minimum atomic E-state index is -2.82. The van der Waals surface area contributed by atoms with Crippen molar-refractivity contribution in [2.24, 2.45) is 11.8 Å². The van der Waals surface area contributed by atoms with Gasteiger partial charge in [-0.05, 0) is 5.92 Å². The highest BCUT2D eigenvalue weighted by Gasteiger charge is 2.27. The third-order valence-corrected chi connectivity index (χ3v) is 3.07. The van der Waals surface area contributed by atoms with Crippen molar-refractivity contribution in [1.82, 2.24) is 0 Å². The van der Waals surface area contributed by atoms with E-state index in [0.29, 0.717) is 19.1 Å². The summed E-state index contributed by atoms with van der Waals surface area (Å²) in [4.78, 5) is 0. The van der Waals surface area contributed by atoms with E-state index in [2.05, 4.69) is 0 Å². The van der Waals surface area contributed by atoms with Crippen LogP contribution in [0.2, 0.25) is 0 Å². The van der Waals surface area contributed by atoms with Gasteiger partial charge in [0, 0.05) is 18.8 Å².